The van der Waals surface area contributed by atoms with Gasteiger partial charge in [-0.1, -0.05) is 0 Å². The average molecular weight is 295 g/mol. The third-order valence-corrected chi connectivity index (χ3v) is 3.55. The highest BCUT2D eigenvalue weighted by atomic mass is 19.1. The van der Waals surface area contributed by atoms with Crippen LogP contribution in [0.3, 0.4) is 0 Å². The first-order valence-corrected chi connectivity index (χ1v) is 7.16. The third kappa shape index (κ3) is 5.08. The molecule has 1 aromatic rings. The number of hydrogen-bond donors (Lipinski definition) is 2. The Bertz CT molecular complexity index is 492. The van der Waals surface area contributed by atoms with E-state index >= 15 is 0 Å². The van der Waals surface area contributed by atoms with Crippen LogP contribution in [0.25, 0.3) is 0 Å². The number of halogens is 1. The summed E-state index contributed by atoms with van der Waals surface area (Å²) in [6.07, 6.45) is 2.55. The molecule has 0 saturated heterocycles. The second kappa shape index (κ2) is 7.49. The van der Waals surface area contributed by atoms with Crippen LogP contribution < -0.4 is 11.3 Å². The topological polar surface area (TPSA) is 67.6 Å². The summed E-state index contributed by atoms with van der Waals surface area (Å²) >= 11 is 0. The number of amides is 1. The van der Waals surface area contributed by atoms with Gasteiger partial charge in [-0.2, -0.15) is 0 Å². The maximum absolute atomic E-state index is 13.8. The zero-order chi connectivity index (χ0) is 15.2. The van der Waals surface area contributed by atoms with Gasteiger partial charge in [-0.3, -0.25) is 15.1 Å². The van der Waals surface area contributed by atoms with E-state index in [4.69, 9.17) is 10.6 Å². The number of hydrogen-bond acceptors (Lipinski definition) is 4. The van der Waals surface area contributed by atoms with Gasteiger partial charge in [-0.15, -0.1) is 0 Å². The van der Waals surface area contributed by atoms with Crippen LogP contribution in [0.1, 0.15) is 28.8 Å². The number of nitrogens with one attached hydrogen (secondary N) is 1. The molecule has 0 spiro atoms. The summed E-state index contributed by atoms with van der Waals surface area (Å²) in [6.45, 7) is 2.61. The quantitative estimate of drug-likeness (QED) is 0.328. The van der Waals surface area contributed by atoms with Crippen molar-refractivity contribution in [3.63, 3.8) is 0 Å². The molecule has 1 amide bonds. The molecule has 0 unspecified atom stereocenters. The van der Waals surface area contributed by atoms with Gasteiger partial charge in [0.1, 0.15) is 5.82 Å². The van der Waals surface area contributed by atoms with Crippen LogP contribution in [-0.2, 0) is 11.3 Å². The minimum absolute atomic E-state index is 0.325. The van der Waals surface area contributed by atoms with E-state index in [1.54, 1.807) is 0 Å². The zero-order valence-electron chi connectivity index (χ0n) is 12.3. The molecule has 0 atom stereocenters. The van der Waals surface area contributed by atoms with Gasteiger partial charge in [0.2, 0.25) is 0 Å². The van der Waals surface area contributed by atoms with Gasteiger partial charge in [0.05, 0.1) is 6.61 Å². The molecule has 2 rings (SSSR count). The number of benzene rings is 1. The average Bonchev–Trinajstić information content (AvgIpc) is 3.29. The summed E-state index contributed by atoms with van der Waals surface area (Å²) in [5, 5.41) is 0. The summed E-state index contributed by atoms with van der Waals surface area (Å²) in [5.74, 6) is 5.08. The van der Waals surface area contributed by atoms with Crippen molar-refractivity contribution in [2.45, 2.75) is 19.4 Å². The van der Waals surface area contributed by atoms with Crippen molar-refractivity contribution in [2.75, 3.05) is 26.8 Å². The Labute approximate surface area is 124 Å². The molecule has 0 radical (unpaired) electrons. The van der Waals surface area contributed by atoms with Gasteiger partial charge < -0.3 is 4.74 Å². The Morgan fingerprint density at radius 1 is 1.52 bits per heavy atom. The molecule has 1 fully saturated rings. The minimum atomic E-state index is -0.424. The fraction of sp³-hybridized carbons (Fsp3) is 0.533. The van der Waals surface area contributed by atoms with E-state index in [1.165, 1.54) is 31.0 Å². The van der Waals surface area contributed by atoms with Gasteiger partial charge in [0.25, 0.3) is 5.91 Å². The lowest BCUT2D eigenvalue weighted by atomic mass is 10.1. The molecule has 3 N–H and O–H groups in total. The fourth-order valence-electron chi connectivity index (χ4n) is 2.05. The number of nitrogens with two attached hydrogens (primary N) is 1. The van der Waals surface area contributed by atoms with Crippen LogP contribution in [-0.4, -0.2) is 37.6 Å². The highest BCUT2D eigenvalue weighted by molar-refractivity contribution is 5.93. The second-order valence-electron chi connectivity index (χ2n) is 5.54. The van der Waals surface area contributed by atoms with Crippen molar-refractivity contribution in [3.05, 3.63) is 35.1 Å². The molecule has 21 heavy (non-hydrogen) atoms. The molecule has 0 heterocycles. The molecule has 0 aliphatic heterocycles. The first kappa shape index (κ1) is 15.9. The van der Waals surface area contributed by atoms with Crippen molar-refractivity contribution in [1.82, 2.24) is 10.3 Å². The van der Waals surface area contributed by atoms with Gasteiger partial charge in [0, 0.05) is 30.8 Å². The molecular formula is C15H22FN3O2. The lowest BCUT2D eigenvalue weighted by Gasteiger charge is -2.17. The van der Waals surface area contributed by atoms with Gasteiger partial charge in [-0.25, -0.2) is 10.2 Å². The predicted molar refractivity (Wildman–Crippen MR) is 77.9 cm³/mol. The number of hydrazine groups is 1. The van der Waals surface area contributed by atoms with Gasteiger partial charge >= 0.3 is 0 Å². The molecule has 1 aliphatic carbocycles. The maximum Gasteiger partial charge on any atom is 0.265 e. The number of likely N-dealkylation sites (N-methyl/N-ethyl adjacent to an activating group) is 1. The highest BCUT2D eigenvalue weighted by Gasteiger charge is 2.21. The van der Waals surface area contributed by atoms with Crippen LogP contribution >= 0.6 is 0 Å². The molecule has 5 nitrogen and oxygen atoms in total. The van der Waals surface area contributed by atoms with E-state index in [-0.39, 0.29) is 5.82 Å². The number of nitrogens with zero attached hydrogens (tertiary/aromatic N) is 1. The summed E-state index contributed by atoms with van der Waals surface area (Å²) in [6, 6.07) is 4.23. The summed E-state index contributed by atoms with van der Waals surface area (Å²) in [4.78, 5) is 13.4. The Morgan fingerprint density at radius 3 is 2.95 bits per heavy atom. The van der Waals surface area contributed by atoms with Gasteiger partial charge in [-0.05, 0) is 44.0 Å². The number of ether oxygens (including phenoxy) is 1. The van der Waals surface area contributed by atoms with Crippen molar-refractivity contribution in [3.8, 4) is 0 Å². The largest absolute Gasteiger partial charge is 0.380 e. The maximum atomic E-state index is 13.8. The molecule has 1 aromatic carbocycles. The zero-order valence-corrected chi connectivity index (χ0v) is 12.3. The summed E-state index contributed by atoms with van der Waals surface area (Å²) < 4.78 is 19.3. The van der Waals surface area contributed by atoms with Crippen LogP contribution in [0, 0.1) is 11.7 Å². The predicted octanol–water partition coefficient (Wildman–Crippen LogP) is 1.29. The van der Waals surface area contributed by atoms with Crippen molar-refractivity contribution in [2.24, 2.45) is 11.8 Å². The minimum Gasteiger partial charge on any atom is -0.380 e. The fourth-order valence-corrected chi connectivity index (χ4v) is 2.05. The third-order valence-electron chi connectivity index (χ3n) is 3.55. The van der Waals surface area contributed by atoms with Crippen molar-refractivity contribution in [1.29, 1.82) is 0 Å². The molecule has 1 aliphatic rings. The van der Waals surface area contributed by atoms with Crippen LogP contribution in [0.15, 0.2) is 18.2 Å². The summed E-state index contributed by atoms with van der Waals surface area (Å²) in [7, 11) is 1.90. The smallest absolute Gasteiger partial charge is 0.265 e. The van der Waals surface area contributed by atoms with E-state index < -0.39 is 5.91 Å². The van der Waals surface area contributed by atoms with Crippen molar-refractivity contribution >= 4 is 5.91 Å². The van der Waals surface area contributed by atoms with E-state index in [2.05, 4.69) is 0 Å². The molecule has 116 valence electrons. The molecule has 0 aromatic heterocycles. The first-order valence-electron chi connectivity index (χ1n) is 7.16. The van der Waals surface area contributed by atoms with E-state index in [0.717, 1.165) is 19.1 Å². The van der Waals surface area contributed by atoms with E-state index in [9.17, 15) is 9.18 Å². The Hall–Kier alpha value is -1.50. The van der Waals surface area contributed by atoms with Crippen LogP contribution in [0.2, 0.25) is 0 Å². The first-order chi connectivity index (χ1) is 10.1. The lowest BCUT2D eigenvalue weighted by Crippen LogP contribution is -2.30. The second-order valence-corrected chi connectivity index (χ2v) is 5.54. The number of nitrogen functional groups attached to an aromatic ring is 1. The van der Waals surface area contributed by atoms with E-state index in [1.807, 2.05) is 17.4 Å². The number of carbonyl (C=O) groups excluding carboxylic acids is 1. The SMILES string of the molecule is CN(CCOCC1CC1)Cc1cc(C(=O)NN)ccc1F. The Kier molecular flexibility index (Phi) is 5.67. The Morgan fingerprint density at radius 2 is 2.29 bits per heavy atom. The molecular weight excluding hydrogens is 273 g/mol. The van der Waals surface area contributed by atoms with Crippen LogP contribution in [0.4, 0.5) is 4.39 Å². The monoisotopic (exact) mass is 295 g/mol. The standard InChI is InChI=1S/C15H22FN3O2/c1-19(6-7-21-10-11-2-3-11)9-13-8-12(15(20)18-17)4-5-14(13)16/h4-5,8,11H,2-3,6-7,9-10,17H2,1H3,(H,18,20). The normalized spacial score (nSPS) is 14.5. The Balaban J connectivity index is 1.83. The van der Waals surface area contributed by atoms with Gasteiger partial charge in [0.15, 0.2) is 0 Å². The highest BCUT2D eigenvalue weighted by Crippen LogP contribution is 2.28. The van der Waals surface area contributed by atoms with E-state index in [0.29, 0.717) is 24.3 Å². The lowest BCUT2D eigenvalue weighted by molar-refractivity contribution is 0.0952. The molecule has 1 saturated carbocycles. The van der Waals surface area contributed by atoms with Crippen LogP contribution in [0.5, 0.6) is 0 Å². The number of rotatable bonds is 8. The van der Waals surface area contributed by atoms with Crippen molar-refractivity contribution < 1.29 is 13.9 Å². The number of carbonyl (C=O) groups is 1. The summed E-state index contributed by atoms with van der Waals surface area (Å²) in [5.41, 5.74) is 2.87. The molecule has 6 heteroatoms. The molecule has 0 bridgehead atoms.